The van der Waals surface area contributed by atoms with E-state index in [1.165, 1.54) is 19.2 Å². The molecule has 1 N–H and O–H groups in total. The molecule has 2 aromatic carbocycles. The van der Waals surface area contributed by atoms with E-state index in [9.17, 15) is 9.18 Å². The number of hydrogen-bond acceptors (Lipinski definition) is 5. The Labute approximate surface area is 149 Å². The molecule has 3 rings (SSSR count). The zero-order chi connectivity index (χ0) is 18.7. The van der Waals surface area contributed by atoms with Crippen molar-refractivity contribution in [3.8, 4) is 22.8 Å². The van der Waals surface area contributed by atoms with E-state index >= 15 is 0 Å². The van der Waals surface area contributed by atoms with Gasteiger partial charge in [0.1, 0.15) is 34.3 Å². The van der Waals surface area contributed by atoms with Crippen molar-refractivity contribution in [1.29, 1.82) is 0 Å². The molecule has 1 amide bonds. The van der Waals surface area contributed by atoms with Crippen molar-refractivity contribution in [2.24, 2.45) is 0 Å². The summed E-state index contributed by atoms with van der Waals surface area (Å²) in [6.45, 7) is 1.62. The number of nitrogens with zero attached hydrogens (tertiary/aromatic N) is 1. The predicted molar refractivity (Wildman–Crippen MR) is 94.1 cm³/mol. The van der Waals surface area contributed by atoms with Crippen molar-refractivity contribution in [3.63, 3.8) is 0 Å². The molecule has 0 radical (unpaired) electrons. The third kappa shape index (κ3) is 3.37. The highest BCUT2D eigenvalue weighted by molar-refractivity contribution is 6.09. The fourth-order valence-electron chi connectivity index (χ4n) is 2.56. The molecule has 0 atom stereocenters. The number of ether oxygens (including phenoxy) is 2. The van der Waals surface area contributed by atoms with E-state index in [-0.39, 0.29) is 11.3 Å². The van der Waals surface area contributed by atoms with Crippen LogP contribution >= 0.6 is 0 Å². The summed E-state index contributed by atoms with van der Waals surface area (Å²) < 4.78 is 29.1. The maximum absolute atomic E-state index is 13.5. The van der Waals surface area contributed by atoms with Crippen molar-refractivity contribution in [2.75, 3.05) is 19.5 Å². The first kappa shape index (κ1) is 17.5. The molecule has 0 saturated heterocycles. The largest absolute Gasteiger partial charge is 0.497 e. The van der Waals surface area contributed by atoms with E-state index in [1.54, 1.807) is 44.4 Å². The molecule has 0 saturated carbocycles. The van der Waals surface area contributed by atoms with Crippen LogP contribution in [0.15, 0.2) is 47.0 Å². The molecule has 0 aliphatic rings. The van der Waals surface area contributed by atoms with Gasteiger partial charge in [0.05, 0.1) is 19.9 Å². The lowest BCUT2D eigenvalue weighted by Crippen LogP contribution is -2.14. The van der Waals surface area contributed by atoms with Crippen LogP contribution in [0.2, 0.25) is 0 Å². The number of carbonyl (C=O) groups excluding carboxylic acids is 1. The fourth-order valence-corrected chi connectivity index (χ4v) is 2.56. The molecule has 1 aromatic heterocycles. The molecular weight excluding hydrogens is 339 g/mol. The molecule has 0 aliphatic carbocycles. The average Bonchev–Trinajstić information content (AvgIpc) is 3.03. The third-order valence-corrected chi connectivity index (χ3v) is 3.84. The Bertz CT molecular complexity index is 952. The molecule has 0 aliphatic heterocycles. The summed E-state index contributed by atoms with van der Waals surface area (Å²) in [5, 5.41) is 6.67. The van der Waals surface area contributed by atoms with Gasteiger partial charge in [0.15, 0.2) is 0 Å². The predicted octanol–water partition coefficient (Wildman–Crippen LogP) is 4.06. The molecule has 3 aromatic rings. The first-order chi connectivity index (χ1) is 12.5. The second kappa shape index (κ2) is 7.26. The number of aryl methyl sites for hydroxylation is 1. The van der Waals surface area contributed by atoms with Gasteiger partial charge in [0, 0.05) is 11.6 Å². The van der Waals surface area contributed by atoms with Crippen molar-refractivity contribution >= 4 is 11.6 Å². The molecule has 0 bridgehead atoms. The summed E-state index contributed by atoms with van der Waals surface area (Å²) in [6.07, 6.45) is 0. The second-order valence-corrected chi connectivity index (χ2v) is 5.49. The highest BCUT2D eigenvalue weighted by Gasteiger charge is 2.23. The Balaban J connectivity index is 1.96. The van der Waals surface area contributed by atoms with Gasteiger partial charge < -0.3 is 19.3 Å². The summed E-state index contributed by atoms with van der Waals surface area (Å²) >= 11 is 0. The minimum absolute atomic E-state index is 0.230. The summed E-state index contributed by atoms with van der Waals surface area (Å²) in [6, 6.07) is 10.8. The summed E-state index contributed by atoms with van der Waals surface area (Å²) in [4.78, 5) is 12.8. The molecule has 0 spiro atoms. The number of amides is 1. The van der Waals surface area contributed by atoms with E-state index < -0.39 is 11.7 Å². The lowest BCUT2D eigenvalue weighted by Gasteiger charge is -2.11. The van der Waals surface area contributed by atoms with Crippen molar-refractivity contribution < 1.29 is 23.2 Å². The van der Waals surface area contributed by atoms with Crippen LogP contribution in [0.25, 0.3) is 11.3 Å². The Kier molecular flexibility index (Phi) is 4.88. The number of carbonyl (C=O) groups is 1. The van der Waals surface area contributed by atoms with Crippen LogP contribution in [0.4, 0.5) is 10.1 Å². The number of methoxy groups -OCH3 is 2. The average molecular weight is 356 g/mol. The third-order valence-electron chi connectivity index (χ3n) is 3.84. The van der Waals surface area contributed by atoms with Gasteiger partial charge in [0.2, 0.25) is 0 Å². The monoisotopic (exact) mass is 356 g/mol. The quantitative estimate of drug-likeness (QED) is 0.746. The van der Waals surface area contributed by atoms with Crippen molar-refractivity contribution in [2.45, 2.75) is 6.92 Å². The topological polar surface area (TPSA) is 73.6 Å². The lowest BCUT2D eigenvalue weighted by molar-refractivity contribution is 0.102. The van der Waals surface area contributed by atoms with Crippen LogP contribution in [0.1, 0.15) is 16.1 Å². The van der Waals surface area contributed by atoms with Crippen molar-refractivity contribution in [1.82, 2.24) is 5.16 Å². The Morgan fingerprint density at radius 1 is 1.15 bits per heavy atom. The van der Waals surface area contributed by atoms with Crippen LogP contribution in [0.5, 0.6) is 11.5 Å². The van der Waals surface area contributed by atoms with Gasteiger partial charge in [0.25, 0.3) is 5.91 Å². The maximum Gasteiger partial charge on any atom is 0.261 e. The van der Waals surface area contributed by atoms with Crippen molar-refractivity contribution in [3.05, 3.63) is 59.6 Å². The van der Waals surface area contributed by atoms with Crippen LogP contribution in [0.3, 0.4) is 0 Å². The Morgan fingerprint density at radius 3 is 2.65 bits per heavy atom. The van der Waals surface area contributed by atoms with Crippen LogP contribution in [-0.2, 0) is 0 Å². The molecule has 6 nitrogen and oxygen atoms in total. The minimum atomic E-state index is -0.438. The molecule has 0 unspecified atom stereocenters. The summed E-state index contributed by atoms with van der Waals surface area (Å²) in [5.41, 5.74) is 1.42. The van der Waals surface area contributed by atoms with Gasteiger partial charge in [-0.1, -0.05) is 17.3 Å². The zero-order valence-electron chi connectivity index (χ0n) is 14.5. The van der Waals surface area contributed by atoms with Crippen LogP contribution in [-0.4, -0.2) is 25.3 Å². The standard InChI is InChI=1S/C19H17FN2O4/c1-11-17(18(22-26-11)12-5-4-6-13(20)9-12)19(23)21-15-8-7-14(24-2)10-16(15)25-3/h4-10H,1-3H3,(H,21,23). The number of rotatable bonds is 5. The second-order valence-electron chi connectivity index (χ2n) is 5.49. The van der Waals surface area contributed by atoms with Gasteiger partial charge in [-0.25, -0.2) is 4.39 Å². The first-order valence-corrected chi connectivity index (χ1v) is 7.79. The maximum atomic E-state index is 13.5. The number of halogens is 1. The Morgan fingerprint density at radius 2 is 1.96 bits per heavy atom. The van der Waals surface area contributed by atoms with Gasteiger partial charge in [-0.2, -0.15) is 0 Å². The molecule has 134 valence electrons. The van der Waals surface area contributed by atoms with Crippen LogP contribution in [0, 0.1) is 12.7 Å². The fraction of sp³-hybridized carbons (Fsp3) is 0.158. The molecule has 7 heteroatoms. The number of hydrogen-bond donors (Lipinski definition) is 1. The van der Waals surface area contributed by atoms with E-state index in [2.05, 4.69) is 10.5 Å². The zero-order valence-corrected chi connectivity index (χ0v) is 14.5. The first-order valence-electron chi connectivity index (χ1n) is 7.79. The molecule has 0 fully saturated rings. The molecule has 26 heavy (non-hydrogen) atoms. The smallest absolute Gasteiger partial charge is 0.261 e. The van der Waals surface area contributed by atoms with E-state index in [0.717, 1.165) is 0 Å². The van der Waals surface area contributed by atoms with Gasteiger partial charge in [-0.05, 0) is 31.2 Å². The van der Waals surface area contributed by atoms with E-state index in [0.29, 0.717) is 28.5 Å². The van der Waals surface area contributed by atoms with E-state index in [1.807, 2.05) is 0 Å². The lowest BCUT2D eigenvalue weighted by atomic mass is 10.1. The summed E-state index contributed by atoms with van der Waals surface area (Å²) in [7, 11) is 3.03. The molecular formula is C19H17FN2O4. The van der Waals surface area contributed by atoms with Gasteiger partial charge >= 0.3 is 0 Å². The highest BCUT2D eigenvalue weighted by Crippen LogP contribution is 2.31. The normalized spacial score (nSPS) is 10.5. The number of anilines is 1. The van der Waals surface area contributed by atoms with Gasteiger partial charge in [-0.3, -0.25) is 4.79 Å². The number of aromatic nitrogens is 1. The Hall–Kier alpha value is -3.35. The van der Waals surface area contributed by atoms with Gasteiger partial charge in [-0.15, -0.1) is 0 Å². The number of benzene rings is 2. The summed E-state index contributed by atoms with van der Waals surface area (Å²) in [5.74, 6) is 0.507. The highest BCUT2D eigenvalue weighted by atomic mass is 19.1. The molecule has 1 heterocycles. The van der Waals surface area contributed by atoms with E-state index in [4.69, 9.17) is 14.0 Å². The van der Waals surface area contributed by atoms with Crippen LogP contribution < -0.4 is 14.8 Å². The SMILES string of the molecule is COc1ccc(NC(=O)c2c(-c3cccc(F)c3)noc2C)c(OC)c1. The minimum Gasteiger partial charge on any atom is -0.497 e. The number of nitrogens with one attached hydrogen (secondary N) is 1.